The van der Waals surface area contributed by atoms with Gasteiger partial charge in [-0.25, -0.2) is 0 Å². The number of hydrogen-bond acceptors (Lipinski definition) is 1. The van der Waals surface area contributed by atoms with Crippen molar-refractivity contribution in [3.05, 3.63) is 0 Å². The van der Waals surface area contributed by atoms with Crippen LogP contribution in [0.2, 0.25) is 0 Å². The molecule has 12 heavy (non-hydrogen) atoms. The molecule has 2 bridgehead atoms. The number of fused-ring (bicyclic) bond motifs is 2. The molecule has 0 spiro atoms. The largest absolute Gasteiger partial charge is 0.299 e. The highest BCUT2D eigenvalue weighted by molar-refractivity contribution is 5.83. The van der Waals surface area contributed by atoms with Crippen molar-refractivity contribution in [2.75, 3.05) is 0 Å². The minimum atomic E-state index is 0.502. The van der Waals surface area contributed by atoms with E-state index in [1.54, 1.807) is 0 Å². The maximum absolute atomic E-state index is 11.6. The average molecular weight is 164 g/mol. The van der Waals surface area contributed by atoms with Crippen molar-refractivity contribution < 1.29 is 4.79 Å². The van der Waals surface area contributed by atoms with Gasteiger partial charge in [0.2, 0.25) is 0 Å². The Labute approximate surface area is 73.5 Å². The van der Waals surface area contributed by atoms with Gasteiger partial charge in [-0.3, -0.25) is 4.79 Å². The summed E-state index contributed by atoms with van der Waals surface area (Å²) in [6.07, 6.45) is 7.71. The molecule has 0 heterocycles. The Balaban J connectivity index is 1.94. The van der Waals surface area contributed by atoms with Gasteiger partial charge in [-0.1, -0.05) is 6.42 Å². The van der Waals surface area contributed by atoms with Crippen LogP contribution >= 0.6 is 0 Å². The van der Waals surface area contributed by atoms with Crippen LogP contribution in [0.4, 0.5) is 0 Å². The molecule has 0 amide bonds. The molecule has 4 unspecified atom stereocenters. The van der Waals surface area contributed by atoms with Gasteiger partial charge in [0.05, 0.1) is 0 Å². The first-order valence-corrected chi connectivity index (χ1v) is 5.39. The molecule has 66 valence electrons. The number of carbonyl (C=O) groups is 1. The second kappa shape index (κ2) is 2.34. The van der Waals surface area contributed by atoms with E-state index in [-0.39, 0.29) is 0 Å². The van der Waals surface area contributed by atoms with E-state index < -0.39 is 0 Å². The minimum absolute atomic E-state index is 0.502. The summed E-state index contributed by atoms with van der Waals surface area (Å²) in [4.78, 5) is 11.6. The molecular weight excluding hydrogens is 148 g/mol. The molecule has 0 aliphatic heterocycles. The fourth-order valence-corrected chi connectivity index (χ4v) is 3.99. The van der Waals surface area contributed by atoms with Crippen molar-refractivity contribution >= 4 is 5.78 Å². The lowest BCUT2D eigenvalue weighted by Crippen LogP contribution is -2.42. The summed E-state index contributed by atoms with van der Waals surface area (Å²) in [5.74, 6) is 3.69. The Bertz CT molecular complexity index is 221. The fourth-order valence-electron chi connectivity index (χ4n) is 3.99. The molecule has 4 saturated carbocycles. The highest BCUT2D eigenvalue weighted by Gasteiger charge is 2.49. The van der Waals surface area contributed by atoms with Crippen LogP contribution in [0.5, 0.6) is 0 Å². The van der Waals surface area contributed by atoms with Gasteiger partial charge in [-0.15, -0.1) is 0 Å². The topological polar surface area (TPSA) is 17.1 Å². The Morgan fingerprint density at radius 1 is 1.00 bits per heavy atom. The zero-order valence-electron chi connectivity index (χ0n) is 7.46. The normalized spacial score (nSPS) is 51.2. The van der Waals surface area contributed by atoms with Gasteiger partial charge < -0.3 is 0 Å². The average Bonchev–Trinajstić information content (AvgIpc) is 2.53. The summed E-state index contributed by atoms with van der Waals surface area (Å²) in [5, 5.41) is 0. The second-order valence-corrected chi connectivity index (χ2v) is 4.87. The predicted octanol–water partition coefficient (Wildman–Crippen LogP) is 2.40. The molecule has 4 fully saturated rings. The number of carbonyl (C=O) groups excluding carboxylic acids is 1. The monoisotopic (exact) mass is 164 g/mol. The molecule has 0 aromatic heterocycles. The van der Waals surface area contributed by atoms with Crippen LogP contribution < -0.4 is 0 Å². The lowest BCUT2D eigenvalue weighted by atomic mass is 9.59. The highest BCUT2D eigenvalue weighted by Crippen LogP contribution is 2.53. The fraction of sp³-hybridized carbons (Fsp3) is 0.909. The zero-order valence-corrected chi connectivity index (χ0v) is 7.46. The Hall–Kier alpha value is -0.330. The molecule has 4 rings (SSSR count). The van der Waals surface area contributed by atoms with Crippen molar-refractivity contribution in [3.63, 3.8) is 0 Å². The van der Waals surface area contributed by atoms with Crippen molar-refractivity contribution in [3.8, 4) is 0 Å². The lowest BCUT2D eigenvalue weighted by Gasteiger charge is -2.44. The summed E-state index contributed by atoms with van der Waals surface area (Å²) in [7, 11) is 0. The van der Waals surface area contributed by atoms with Crippen LogP contribution in [0, 0.1) is 23.7 Å². The molecule has 0 N–H and O–H groups in total. The van der Waals surface area contributed by atoms with Crippen LogP contribution in [0.3, 0.4) is 0 Å². The number of ketones is 1. The molecular formula is C11H16O. The summed E-state index contributed by atoms with van der Waals surface area (Å²) in [5.41, 5.74) is 0. The van der Waals surface area contributed by atoms with E-state index in [0.717, 1.165) is 24.2 Å². The predicted molar refractivity (Wildman–Crippen MR) is 46.7 cm³/mol. The van der Waals surface area contributed by atoms with E-state index in [1.165, 1.54) is 32.1 Å². The van der Waals surface area contributed by atoms with Crippen LogP contribution in [-0.2, 0) is 4.79 Å². The molecule has 1 heteroatoms. The Morgan fingerprint density at radius 3 is 2.67 bits per heavy atom. The summed E-state index contributed by atoms with van der Waals surface area (Å²) in [6, 6.07) is 0. The molecule has 4 aliphatic rings. The highest BCUT2D eigenvalue weighted by atomic mass is 16.1. The first-order valence-electron chi connectivity index (χ1n) is 5.39. The minimum Gasteiger partial charge on any atom is -0.299 e. The van der Waals surface area contributed by atoms with Gasteiger partial charge in [0.25, 0.3) is 0 Å². The van der Waals surface area contributed by atoms with Gasteiger partial charge in [0.1, 0.15) is 5.78 Å². The third kappa shape index (κ3) is 0.773. The van der Waals surface area contributed by atoms with Crippen molar-refractivity contribution in [1.29, 1.82) is 0 Å². The Kier molecular flexibility index (Phi) is 1.38. The molecule has 4 atom stereocenters. The molecule has 0 radical (unpaired) electrons. The van der Waals surface area contributed by atoms with Crippen LogP contribution in [-0.4, -0.2) is 5.78 Å². The second-order valence-electron chi connectivity index (χ2n) is 4.87. The lowest BCUT2D eigenvalue weighted by molar-refractivity contribution is -0.135. The number of Topliss-reactive ketones (excluding diaryl/α,β-unsaturated/α-hetero) is 1. The van der Waals surface area contributed by atoms with E-state index >= 15 is 0 Å². The van der Waals surface area contributed by atoms with E-state index in [1.807, 2.05) is 0 Å². The molecule has 1 nitrogen and oxygen atoms in total. The zero-order chi connectivity index (χ0) is 8.13. The molecule has 0 saturated heterocycles. The van der Waals surface area contributed by atoms with E-state index in [4.69, 9.17) is 0 Å². The SMILES string of the molecule is O=C1CC2CCC1C1CCCC21. The van der Waals surface area contributed by atoms with Gasteiger partial charge >= 0.3 is 0 Å². The van der Waals surface area contributed by atoms with Crippen molar-refractivity contribution in [2.24, 2.45) is 23.7 Å². The standard InChI is InChI=1S/C11H16O/c12-11-6-7-4-5-10(11)9-3-1-2-8(7)9/h7-10H,1-6H2. The van der Waals surface area contributed by atoms with E-state index in [9.17, 15) is 4.79 Å². The van der Waals surface area contributed by atoms with Gasteiger partial charge in [0, 0.05) is 12.3 Å². The maximum atomic E-state index is 11.6. The summed E-state index contributed by atoms with van der Waals surface area (Å²) in [6.45, 7) is 0. The number of rotatable bonds is 0. The summed E-state index contributed by atoms with van der Waals surface area (Å²) >= 11 is 0. The van der Waals surface area contributed by atoms with Crippen LogP contribution in [0.15, 0.2) is 0 Å². The van der Waals surface area contributed by atoms with Gasteiger partial charge in [0.15, 0.2) is 0 Å². The van der Waals surface area contributed by atoms with E-state index in [0.29, 0.717) is 11.7 Å². The quantitative estimate of drug-likeness (QED) is 0.537. The molecule has 4 aliphatic carbocycles. The van der Waals surface area contributed by atoms with Crippen molar-refractivity contribution in [2.45, 2.75) is 38.5 Å². The molecule has 0 aromatic rings. The van der Waals surface area contributed by atoms with Gasteiger partial charge in [-0.2, -0.15) is 0 Å². The van der Waals surface area contributed by atoms with Crippen LogP contribution in [0.1, 0.15) is 38.5 Å². The van der Waals surface area contributed by atoms with E-state index in [2.05, 4.69) is 0 Å². The Morgan fingerprint density at radius 2 is 1.83 bits per heavy atom. The first kappa shape index (κ1) is 7.11. The van der Waals surface area contributed by atoms with Crippen molar-refractivity contribution in [1.82, 2.24) is 0 Å². The first-order chi connectivity index (χ1) is 5.86. The maximum Gasteiger partial charge on any atom is 0.136 e. The van der Waals surface area contributed by atoms with Crippen LogP contribution in [0.25, 0.3) is 0 Å². The van der Waals surface area contributed by atoms with Gasteiger partial charge in [-0.05, 0) is 43.4 Å². The third-order valence-electron chi connectivity index (χ3n) is 4.47. The number of hydrogen-bond donors (Lipinski definition) is 0. The third-order valence-corrected chi connectivity index (χ3v) is 4.47. The smallest absolute Gasteiger partial charge is 0.136 e. The molecule has 0 aromatic carbocycles. The summed E-state index contributed by atoms with van der Waals surface area (Å²) < 4.78 is 0.